The average Bonchev–Trinajstić information content (AvgIpc) is 2.53. The summed E-state index contributed by atoms with van der Waals surface area (Å²) in [6.45, 7) is 3.86. The molecule has 10 heteroatoms. The third-order valence-electron chi connectivity index (χ3n) is 3.13. The van der Waals surface area contributed by atoms with E-state index in [1.54, 1.807) is 0 Å². The first-order valence-electron chi connectivity index (χ1n) is 7.24. The molecule has 2 N–H and O–H groups in total. The number of nitro groups is 1. The Kier molecular flexibility index (Phi) is 5.74. The fraction of sp³-hybridized carbons (Fsp3) is 0.538. The lowest BCUT2D eigenvalue weighted by atomic mass is 10.2. The van der Waals surface area contributed by atoms with E-state index in [4.69, 9.17) is 9.47 Å². The molecule has 128 valence electrons. The van der Waals surface area contributed by atoms with Crippen LogP contribution in [-0.4, -0.2) is 46.2 Å². The van der Waals surface area contributed by atoms with Crippen molar-refractivity contribution in [1.29, 1.82) is 0 Å². The van der Waals surface area contributed by atoms with E-state index in [-0.39, 0.29) is 31.3 Å². The first-order valence-corrected chi connectivity index (χ1v) is 8.72. The van der Waals surface area contributed by atoms with Gasteiger partial charge in [-0.3, -0.25) is 10.1 Å². The SMILES string of the molecule is CCCNCCNS(=O)(=O)c1cc2c(cc1[N+](=O)[O-])OCCO2. The van der Waals surface area contributed by atoms with Gasteiger partial charge < -0.3 is 14.8 Å². The highest BCUT2D eigenvalue weighted by Crippen LogP contribution is 2.38. The van der Waals surface area contributed by atoms with Gasteiger partial charge in [-0.25, -0.2) is 13.1 Å². The van der Waals surface area contributed by atoms with Crippen LogP contribution in [0.15, 0.2) is 17.0 Å². The lowest BCUT2D eigenvalue weighted by Crippen LogP contribution is -2.32. The monoisotopic (exact) mass is 345 g/mol. The van der Waals surface area contributed by atoms with Crippen LogP contribution in [0.2, 0.25) is 0 Å². The van der Waals surface area contributed by atoms with E-state index in [1.807, 2.05) is 6.92 Å². The highest BCUT2D eigenvalue weighted by molar-refractivity contribution is 7.89. The van der Waals surface area contributed by atoms with E-state index in [0.717, 1.165) is 25.1 Å². The number of fused-ring (bicyclic) bond motifs is 1. The number of hydrogen-bond acceptors (Lipinski definition) is 7. The molecule has 1 heterocycles. The Morgan fingerprint density at radius 2 is 1.83 bits per heavy atom. The van der Waals surface area contributed by atoms with Crippen LogP contribution in [0.3, 0.4) is 0 Å². The zero-order valence-corrected chi connectivity index (χ0v) is 13.5. The van der Waals surface area contributed by atoms with Gasteiger partial charge in [-0.2, -0.15) is 0 Å². The number of sulfonamides is 1. The Morgan fingerprint density at radius 3 is 2.43 bits per heavy atom. The molecule has 1 aliphatic rings. The topological polar surface area (TPSA) is 120 Å². The first kappa shape index (κ1) is 17.4. The maximum atomic E-state index is 12.3. The quantitative estimate of drug-likeness (QED) is 0.403. The Hall–Kier alpha value is -1.91. The summed E-state index contributed by atoms with van der Waals surface area (Å²) < 4.78 is 37.6. The van der Waals surface area contributed by atoms with E-state index in [1.165, 1.54) is 0 Å². The molecule has 0 amide bonds. The number of hydrogen-bond donors (Lipinski definition) is 2. The molecule has 0 unspecified atom stereocenters. The molecule has 1 aromatic carbocycles. The number of ether oxygens (including phenoxy) is 2. The summed E-state index contributed by atoms with van der Waals surface area (Å²) in [6, 6.07) is 2.22. The molecule has 0 fully saturated rings. The second-order valence-electron chi connectivity index (χ2n) is 4.87. The molecule has 9 nitrogen and oxygen atoms in total. The van der Waals surface area contributed by atoms with Crippen LogP contribution < -0.4 is 19.5 Å². The summed E-state index contributed by atoms with van der Waals surface area (Å²) in [6.07, 6.45) is 0.931. The summed E-state index contributed by atoms with van der Waals surface area (Å²) in [5.74, 6) is 0.359. The molecule has 0 atom stereocenters. The van der Waals surface area contributed by atoms with Crippen molar-refractivity contribution in [3.05, 3.63) is 22.2 Å². The van der Waals surface area contributed by atoms with Crippen LogP contribution in [-0.2, 0) is 10.0 Å². The van der Waals surface area contributed by atoms with E-state index in [0.29, 0.717) is 6.54 Å². The molecule has 0 saturated heterocycles. The number of nitrogens with zero attached hydrogens (tertiary/aromatic N) is 1. The highest BCUT2D eigenvalue weighted by atomic mass is 32.2. The number of benzene rings is 1. The van der Waals surface area contributed by atoms with Crippen molar-refractivity contribution in [1.82, 2.24) is 10.0 Å². The Morgan fingerprint density at radius 1 is 1.17 bits per heavy atom. The molecule has 1 aliphatic heterocycles. The third kappa shape index (κ3) is 4.30. The van der Waals surface area contributed by atoms with Gasteiger partial charge in [-0.1, -0.05) is 6.92 Å². The van der Waals surface area contributed by atoms with E-state index in [2.05, 4.69) is 10.0 Å². The van der Waals surface area contributed by atoms with Gasteiger partial charge in [0.1, 0.15) is 13.2 Å². The minimum absolute atomic E-state index is 0.133. The fourth-order valence-corrected chi connectivity index (χ4v) is 3.27. The Bertz CT molecular complexity index is 677. The Labute approximate surface area is 134 Å². The van der Waals surface area contributed by atoms with E-state index >= 15 is 0 Å². The first-order chi connectivity index (χ1) is 11.0. The lowest BCUT2D eigenvalue weighted by Gasteiger charge is -2.19. The zero-order chi connectivity index (χ0) is 16.9. The summed E-state index contributed by atoms with van der Waals surface area (Å²) in [4.78, 5) is 10.00. The van der Waals surface area contributed by atoms with Gasteiger partial charge in [0.2, 0.25) is 10.0 Å². The van der Waals surface area contributed by atoms with Crippen LogP contribution >= 0.6 is 0 Å². The highest BCUT2D eigenvalue weighted by Gasteiger charge is 2.30. The van der Waals surface area contributed by atoms with Crippen molar-refractivity contribution in [3.63, 3.8) is 0 Å². The van der Waals surface area contributed by atoms with Gasteiger partial charge in [0.15, 0.2) is 16.4 Å². The van der Waals surface area contributed by atoms with Crippen molar-refractivity contribution < 1.29 is 22.8 Å². The normalized spacial score (nSPS) is 13.8. The summed E-state index contributed by atoms with van der Waals surface area (Å²) in [5, 5.41) is 14.2. The van der Waals surface area contributed by atoms with Crippen LogP contribution in [0, 0.1) is 10.1 Å². The van der Waals surface area contributed by atoms with Gasteiger partial charge in [0.25, 0.3) is 5.69 Å². The smallest absolute Gasteiger partial charge is 0.293 e. The average molecular weight is 345 g/mol. The maximum absolute atomic E-state index is 12.3. The minimum Gasteiger partial charge on any atom is -0.486 e. The third-order valence-corrected chi connectivity index (χ3v) is 4.62. The van der Waals surface area contributed by atoms with Crippen molar-refractivity contribution in [3.8, 4) is 11.5 Å². The molecule has 1 aromatic rings. The number of nitro benzene ring substituents is 1. The standard InChI is InChI=1S/C13H19N3O6S/c1-2-3-14-4-5-15-23(19,20)13-9-12-11(21-6-7-22-12)8-10(13)16(17)18/h8-9,14-15H,2-7H2,1H3. The molecule has 0 aliphatic carbocycles. The molecule has 0 bridgehead atoms. The van der Waals surface area contributed by atoms with Crippen LogP contribution in [0.5, 0.6) is 11.5 Å². The number of nitrogens with one attached hydrogen (secondary N) is 2. The van der Waals surface area contributed by atoms with E-state index < -0.39 is 25.5 Å². The van der Waals surface area contributed by atoms with Gasteiger partial charge in [0, 0.05) is 19.2 Å². The van der Waals surface area contributed by atoms with Crippen molar-refractivity contribution >= 4 is 15.7 Å². The lowest BCUT2D eigenvalue weighted by molar-refractivity contribution is -0.388. The second kappa shape index (κ2) is 7.57. The molecule has 0 radical (unpaired) electrons. The van der Waals surface area contributed by atoms with Crippen molar-refractivity contribution in [2.45, 2.75) is 18.2 Å². The molecule has 0 saturated carbocycles. The van der Waals surface area contributed by atoms with Crippen molar-refractivity contribution in [2.24, 2.45) is 0 Å². The molecule has 2 rings (SSSR count). The molecule has 0 aromatic heterocycles. The van der Waals surface area contributed by atoms with Gasteiger partial charge >= 0.3 is 0 Å². The molecule has 0 spiro atoms. The Balaban J connectivity index is 2.23. The van der Waals surface area contributed by atoms with Gasteiger partial charge in [0.05, 0.1) is 11.0 Å². The summed E-state index contributed by atoms with van der Waals surface area (Å²) >= 11 is 0. The predicted octanol–water partition coefficient (Wildman–Crippen LogP) is 0.644. The van der Waals surface area contributed by atoms with Gasteiger partial charge in [-0.15, -0.1) is 0 Å². The second-order valence-corrected chi connectivity index (χ2v) is 6.60. The summed E-state index contributed by atoms with van der Waals surface area (Å²) in [7, 11) is -4.02. The van der Waals surface area contributed by atoms with Gasteiger partial charge in [-0.05, 0) is 13.0 Å². The molecule has 23 heavy (non-hydrogen) atoms. The fourth-order valence-electron chi connectivity index (χ4n) is 2.07. The van der Waals surface area contributed by atoms with Crippen LogP contribution in [0.4, 0.5) is 5.69 Å². The maximum Gasteiger partial charge on any atom is 0.293 e. The zero-order valence-electron chi connectivity index (χ0n) is 12.7. The predicted molar refractivity (Wildman–Crippen MR) is 82.4 cm³/mol. The van der Waals surface area contributed by atoms with Crippen molar-refractivity contribution in [2.75, 3.05) is 32.8 Å². The number of rotatable bonds is 8. The summed E-state index contributed by atoms with van der Waals surface area (Å²) in [5.41, 5.74) is -0.539. The van der Waals surface area contributed by atoms with E-state index in [9.17, 15) is 18.5 Å². The molecular weight excluding hydrogens is 326 g/mol. The minimum atomic E-state index is -4.02. The van der Waals surface area contributed by atoms with Crippen LogP contribution in [0.1, 0.15) is 13.3 Å². The largest absolute Gasteiger partial charge is 0.486 e. The molecular formula is C13H19N3O6S. The van der Waals surface area contributed by atoms with Crippen LogP contribution in [0.25, 0.3) is 0 Å².